The highest BCUT2D eigenvalue weighted by molar-refractivity contribution is 5.34. The Morgan fingerprint density at radius 3 is 1.73 bits per heavy atom. The topological polar surface area (TPSA) is 3.24 Å². The van der Waals surface area contributed by atoms with E-state index in [0.717, 1.165) is 0 Å². The molecule has 2 aliphatic carbocycles. The lowest BCUT2D eigenvalue weighted by Gasteiger charge is -2.39. The van der Waals surface area contributed by atoms with Gasteiger partial charge in [0.25, 0.3) is 0 Å². The predicted molar refractivity (Wildman–Crippen MR) is 63.4 cm³/mol. The first-order valence-electron chi connectivity index (χ1n) is 6.52. The zero-order valence-corrected chi connectivity index (χ0v) is 9.81. The monoisotopic (exact) mass is 203 g/mol. The van der Waals surface area contributed by atoms with Crippen LogP contribution in [0.3, 0.4) is 0 Å². The van der Waals surface area contributed by atoms with E-state index in [4.69, 9.17) is 0 Å². The summed E-state index contributed by atoms with van der Waals surface area (Å²) in [6.07, 6.45) is 12.4. The summed E-state index contributed by atoms with van der Waals surface area (Å²) in [5.41, 5.74) is 6.90. The van der Waals surface area contributed by atoms with Gasteiger partial charge in [-0.05, 0) is 68.9 Å². The normalized spacial score (nSPS) is 26.6. The van der Waals surface area contributed by atoms with E-state index in [1.807, 2.05) is 0 Å². The second-order valence-corrected chi connectivity index (χ2v) is 5.25. The fraction of sp³-hybridized carbons (Fsp3) is 0.714. The fourth-order valence-electron chi connectivity index (χ4n) is 3.51. The van der Waals surface area contributed by atoms with E-state index in [1.165, 1.54) is 57.8 Å². The zero-order chi connectivity index (χ0) is 10.3. The summed E-state index contributed by atoms with van der Waals surface area (Å²) in [7, 11) is 2.31. The number of nitrogens with zero attached hydrogens (tertiary/aromatic N) is 1. The van der Waals surface area contributed by atoms with Crippen molar-refractivity contribution in [3.05, 3.63) is 22.5 Å². The van der Waals surface area contributed by atoms with Crippen molar-refractivity contribution < 1.29 is 0 Å². The second kappa shape index (κ2) is 3.70. The van der Waals surface area contributed by atoms with Crippen LogP contribution in [0.4, 0.5) is 0 Å². The molecule has 0 aromatic rings. The molecule has 0 saturated carbocycles. The molecule has 1 heterocycles. The van der Waals surface area contributed by atoms with Crippen molar-refractivity contribution in [1.82, 2.24) is 4.90 Å². The maximum Gasteiger partial charge on any atom is 0.0169 e. The molecule has 15 heavy (non-hydrogen) atoms. The quantitative estimate of drug-likeness (QED) is 0.575. The Bertz CT molecular complexity index is 303. The predicted octanol–water partition coefficient (Wildman–Crippen LogP) is 3.98. The SMILES string of the molecule is CN1C2=C(CCCC2)CC2=C1CCCC2. The lowest BCUT2D eigenvalue weighted by Crippen LogP contribution is -2.27. The molecule has 1 heteroatoms. The van der Waals surface area contributed by atoms with Gasteiger partial charge in [0.05, 0.1) is 0 Å². The van der Waals surface area contributed by atoms with E-state index in [1.54, 1.807) is 22.5 Å². The van der Waals surface area contributed by atoms with E-state index in [0.29, 0.717) is 0 Å². The van der Waals surface area contributed by atoms with E-state index in [2.05, 4.69) is 11.9 Å². The standard InChI is InChI=1S/C14H21N/c1-15-13-8-4-2-6-11(13)10-12-7-3-5-9-14(12)15/h2-10H2,1H3. The van der Waals surface area contributed by atoms with Gasteiger partial charge in [0.1, 0.15) is 0 Å². The molecule has 0 unspecified atom stereocenters. The van der Waals surface area contributed by atoms with Crippen LogP contribution in [0.15, 0.2) is 22.5 Å². The molecule has 1 nitrogen and oxygen atoms in total. The van der Waals surface area contributed by atoms with Gasteiger partial charge >= 0.3 is 0 Å². The maximum atomic E-state index is 2.55. The molecule has 0 aromatic heterocycles. The molecule has 0 fully saturated rings. The van der Waals surface area contributed by atoms with Crippen molar-refractivity contribution >= 4 is 0 Å². The Hall–Kier alpha value is -0.720. The largest absolute Gasteiger partial charge is 0.352 e. The molecule has 0 bridgehead atoms. The van der Waals surface area contributed by atoms with Gasteiger partial charge in [-0.25, -0.2) is 0 Å². The summed E-state index contributed by atoms with van der Waals surface area (Å²) in [4.78, 5) is 2.55. The Kier molecular flexibility index (Phi) is 2.34. The Labute approximate surface area is 92.8 Å². The van der Waals surface area contributed by atoms with Crippen LogP contribution in [0.5, 0.6) is 0 Å². The van der Waals surface area contributed by atoms with Crippen molar-refractivity contribution in [3.63, 3.8) is 0 Å². The van der Waals surface area contributed by atoms with E-state index < -0.39 is 0 Å². The third-order valence-electron chi connectivity index (χ3n) is 4.34. The minimum atomic E-state index is 1.33. The minimum Gasteiger partial charge on any atom is -0.352 e. The first kappa shape index (κ1) is 9.50. The van der Waals surface area contributed by atoms with Gasteiger partial charge in [-0.2, -0.15) is 0 Å². The van der Waals surface area contributed by atoms with E-state index in [9.17, 15) is 0 Å². The summed E-state index contributed by atoms with van der Waals surface area (Å²) >= 11 is 0. The summed E-state index contributed by atoms with van der Waals surface area (Å²) in [5, 5.41) is 0. The molecular weight excluding hydrogens is 182 g/mol. The lowest BCUT2D eigenvalue weighted by molar-refractivity contribution is 0.393. The first-order valence-corrected chi connectivity index (χ1v) is 6.52. The highest BCUT2D eigenvalue weighted by Gasteiger charge is 2.27. The van der Waals surface area contributed by atoms with Crippen LogP contribution >= 0.6 is 0 Å². The Morgan fingerprint density at radius 1 is 0.733 bits per heavy atom. The Morgan fingerprint density at radius 2 is 1.20 bits per heavy atom. The lowest BCUT2D eigenvalue weighted by atomic mass is 9.82. The van der Waals surface area contributed by atoms with Crippen molar-refractivity contribution in [3.8, 4) is 0 Å². The van der Waals surface area contributed by atoms with Gasteiger partial charge in [-0.15, -0.1) is 0 Å². The number of allylic oxidation sites excluding steroid dienone is 4. The second-order valence-electron chi connectivity index (χ2n) is 5.25. The highest BCUT2D eigenvalue weighted by atomic mass is 15.1. The summed E-state index contributed by atoms with van der Waals surface area (Å²) < 4.78 is 0. The van der Waals surface area contributed by atoms with Crippen LogP contribution in [0.2, 0.25) is 0 Å². The van der Waals surface area contributed by atoms with Gasteiger partial charge < -0.3 is 4.90 Å². The number of hydrogen-bond acceptors (Lipinski definition) is 1. The molecular formula is C14H21N. The van der Waals surface area contributed by atoms with Gasteiger partial charge in [0, 0.05) is 18.4 Å². The summed E-state index contributed by atoms with van der Waals surface area (Å²) in [5.74, 6) is 0. The van der Waals surface area contributed by atoms with Crippen LogP contribution < -0.4 is 0 Å². The van der Waals surface area contributed by atoms with Crippen molar-refractivity contribution in [1.29, 1.82) is 0 Å². The smallest absolute Gasteiger partial charge is 0.0169 e. The van der Waals surface area contributed by atoms with Crippen LogP contribution in [-0.4, -0.2) is 11.9 Å². The molecule has 82 valence electrons. The zero-order valence-electron chi connectivity index (χ0n) is 9.81. The first-order chi connectivity index (χ1) is 7.36. The third-order valence-corrected chi connectivity index (χ3v) is 4.34. The maximum absolute atomic E-state index is 2.55. The fourth-order valence-corrected chi connectivity index (χ4v) is 3.51. The molecule has 0 amide bonds. The molecule has 0 N–H and O–H groups in total. The molecule has 0 aromatic carbocycles. The van der Waals surface area contributed by atoms with Crippen molar-refractivity contribution in [2.24, 2.45) is 0 Å². The molecule has 3 aliphatic rings. The van der Waals surface area contributed by atoms with E-state index >= 15 is 0 Å². The van der Waals surface area contributed by atoms with Crippen LogP contribution in [0, 0.1) is 0 Å². The summed E-state index contributed by atoms with van der Waals surface area (Å²) in [6, 6.07) is 0. The molecule has 0 atom stereocenters. The number of rotatable bonds is 0. The Balaban J connectivity index is 1.93. The minimum absolute atomic E-state index is 1.33. The highest BCUT2D eigenvalue weighted by Crippen LogP contribution is 2.42. The molecule has 3 rings (SSSR count). The van der Waals surface area contributed by atoms with Gasteiger partial charge in [0.15, 0.2) is 0 Å². The summed E-state index contributed by atoms with van der Waals surface area (Å²) in [6.45, 7) is 0. The van der Waals surface area contributed by atoms with Crippen LogP contribution in [0.25, 0.3) is 0 Å². The van der Waals surface area contributed by atoms with Gasteiger partial charge in [-0.3, -0.25) is 0 Å². The average molecular weight is 203 g/mol. The molecule has 0 spiro atoms. The van der Waals surface area contributed by atoms with Crippen molar-refractivity contribution in [2.45, 2.75) is 57.8 Å². The van der Waals surface area contributed by atoms with Crippen LogP contribution in [0.1, 0.15) is 57.8 Å². The average Bonchev–Trinajstić information content (AvgIpc) is 2.30. The third kappa shape index (κ3) is 1.53. The number of hydrogen-bond donors (Lipinski definition) is 0. The van der Waals surface area contributed by atoms with Crippen LogP contribution in [-0.2, 0) is 0 Å². The molecule has 0 saturated heterocycles. The van der Waals surface area contributed by atoms with Gasteiger partial charge in [0.2, 0.25) is 0 Å². The van der Waals surface area contributed by atoms with E-state index in [-0.39, 0.29) is 0 Å². The van der Waals surface area contributed by atoms with Crippen molar-refractivity contribution in [2.75, 3.05) is 7.05 Å². The van der Waals surface area contributed by atoms with Gasteiger partial charge in [-0.1, -0.05) is 0 Å². The molecule has 1 aliphatic heterocycles. The molecule has 0 radical (unpaired) electrons.